The molecule has 3 heterocycles. The van der Waals surface area contributed by atoms with Crippen molar-refractivity contribution in [1.29, 1.82) is 0 Å². The molecule has 0 saturated carbocycles. The van der Waals surface area contributed by atoms with E-state index in [-0.39, 0.29) is 5.91 Å². The Bertz CT molecular complexity index is 1370. The van der Waals surface area contributed by atoms with Gasteiger partial charge in [0.05, 0.1) is 23.6 Å². The van der Waals surface area contributed by atoms with Crippen molar-refractivity contribution in [2.45, 2.75) is 32.4 Å². The third kappa shape index (κ3) is 2.98. The molecule has 2 aromatic heterocycles. The lowest BCUT2D eigenvalue weighted by molar-refractivity contribution is 0.0966. The van der Waals surface area contributed by atoms with Gasteiger partial charge in [-0.15, -0.1) is 0 Å². The molecule has 0 atom stereocenters. The van der Waals surface area contributed by atoms with Gasteiger partial charge in [-0.1, -0.05) is 12.1 Å². The van der Waals surface area contributed by atoms with Crippen LogP contribution in [-0.2, 0) is 26.6 Å². The van der Waals surface area contributed by atoms with Crippen LogP contribution in [-0.4, -0.2) is 26.4 Å². The lowest BCUT2D eigenvalue weighted by atomic mass is 9.92. The maximum absolute atomic E-state index is 11.9. The van der Waals surface area contributed by atoms with Crippen LogP contribution in [0, 0.1) is 0 Å². The Labute approximate surface area is 180 Å². The Kier molecular flexibility index (Phi) is 4.06. The van der Waals surface area contributed by atoms with Crippen molar-refractivity contribution in [3.8, 4) is 11.1 Å². The van der Waals surface area contributed by atoms with E-state index in [0.29, 0.717) is 13.1 Å². The number of rotatable bonds is 3. The average molecular weight is 409 g/mol. The molecular weight excluding hydrogens is 386 g/mol. The lowest BCUT2D eigenvalue weighted by Crippen LogP contribution is -2.12. The minimum absolute atomic E-state index is 0.0228. The molecule has 6 nitrogen and oxygen atoms in total. The van der Waals surface area contributed by atoms with E-state index in [1.165, 1.54) is 22.2 Å². The third-order valence-corrected chi connectivity index (χ3v) is 6.51. The first-order valence-electron chi connectivity index (χ1n) is 10.7. The van der Waals surface area contributed by atoms with E-state index in [1.54, 1.807) is 0 Å². The summed E-state index contributed by atoms with van der Waals surface area (Å²) in [7, 11) is 1.96. The molecule has 1 aliphatic heterocycles. The van der Waals surface area contributed by atoms with Gasteiger partial charge < -0.3 is 10.3 Å². The Morgan fingerprint density at radius 2 is 1.97 bits per heavy atom. The number of aromatic nitrogens is 3. The van der Waals surface area contributed by atoms with Crippen molar-refractivity contribution >= 4 is 22.5 Å². The van der Waals surface area contributed by atoms with E-state index in [9.17, 15) is 4.79 Å². The van der Waals surface area contributed by atoms with Crippen LogP contribution in [0.3, 0.4) is 0 Å². The van der Waals surface area contributed by atoms with E-state index in [2.05, 4.69) is 39.7 Å². The number of H-pyrrole nitrogens is 1. The predicted molar refractivity (Wildman–Crippen MR) is 121 cm³/mol. The van der Waals surface area contributed by atoms with Crippen molar-refractivity contribution < 1.29 is 4.79 Å². The normalized spacial score (nSPS) is 16.5. The molecule has 0 radical (unpaired) electrons. The number of aromatic amines is 1. The second kappa shape index (κ2) is 6.94. The van der Waals surface area contributed by atoms with Gasteiger partial charge in [-0.2, -0.15) is 5.10 Å². The van der Waals surface area contributed by atoms with Gasteiger partial charge in [0.2, 0.25) is 0 Å². The van der Waals surface area contributed by atoms with Crippen LogP contribution in [0.25, 0.3) is 22.0 Å². The fourth-order valence-corrected chi connectivity index (χ4v) is 4.79. The quantitative estimate of drug-likeness (QED) is 0.534. The van der Waals surface area contributed by atoms with Crippen LogP contribution < -0.4 is 5.32 Å². The van der Waals surface area contributed by atoms with E-state index in [1.807, 2.05) is 36.1 Å². The summed E-state index contributed by atoms with van der Waals surface area (Å²) in [6.07, 6.45) is 4.99. The Hall–Kier alpha value is -3.67. The van der Waals surface area contributed by atoms with Gasteiger partial charge in [-0.3, -0.25) is 14.5 Å². The number of nitrogens with zero attached hydrogens (tertiary/aromatic N) is 3. The van der Waals surface area contributed by atoms with Crippen LogP contribution in [0.15, 0.2) is 53.7 Å². The van der Waals surface area contributed by atoms with Crippen molar-refractivity contribution in [1.82, 2.24) is 20.1 Å². The molecule has 4 aromatic rings. The van der Waals surface area contributed by atoms with Crippen LogP contribution in [0.1, 0.15) is 45.7 Å². The number of benzene rings is 2. The maximum atomic E-state index is 11.9. The zero-order valence-electron chi connectivity index (χ0n) is 17.4. The van der Waals surface area contributed by atoms with Crippen molar-refractivity contribution in [3.63, 3.8) is 0 Å². The summed E-state index contributed by atoms with van der Waals surface area (Å²) >= 11 is 0. The van der Waals surface area contributed by atoms with Gasteiger partial charge in [0, 0.05) is 36.3 Å². The van der Waals surface area contributed by atoms with Gasteiger partial charge in [0.1, 0.15) is 0 Å². The molecule has 0 spiro atoms. The van der Waals surface area contributed by atoms with Crippen molar-refractivity contribution in [2.75, 3.05) is 0 Å². The first kappa shape index (κ1) is 18.1. The molecule has 6 heteroatoms. The predicted octanol–water partition coefficient (Wildman–Crippen LogP) is 4.14. The number of hydrogen-bond donors (Lipinski definition) is 2. The number of carbonyl (C=O) groups is 1. The highest BCUT2D eigenvalue weighted by Crippen LogP contribution is 2.33. The van der Waals surface area contributed by atoms with Gasteiger partial charge in [0.25, 0.3) is 5.91 Å². The summed E-state index contributed by atoms with van der Waals surface area (Å²) in [5.74, 6) is 0.0228. The van der Waals surface area contributed by atoms with Crippen LogP contribution in [0.5, 0.6) is 0 Å². The van der Waals surface area contributed by atoms with E-state index >= 15 is 0 Å². The van der Waals surface area contributed by atoms with Gasteiger partial charge in [-0.05, 0) is 71.8 Å². The largest absolute Gasteiger partial charge is 0.353 e. The molecule has 0 bridgehead atoms. The first-order chi connectivity index (χ1) is 15.2. The molecule has 2 aliphatic rings. The molecule has 1 aliphatic carbocycles. The number of amides is 1. The zero-order chi connectivity index (χ0) is 20.9. The highest BCUT2D eigenvalue weighted by atomic mass is 16.1. The van der Waals surface area contributed by atoms with Gasteiger partial charge in [-0.25, -0.2) is 0 Å². The smallest absolute Gasteiger partial charge is 0.251 e. The molecule has 2 N–H and O–H groups in total. The molecular formula is C25H23N5O. The molecule has 1 amide bonds. The van der Waals surface area contributed by atoms with E-state index < -0.39 is 0 Å². The topological polar surface area (TPSA) is 75.1 Å². The third-order valence-electron chi connectivity index (χ3n) is 6.51. The Morgan fingerprint density at radius 1 is 1.10 bits per heavy atom. The van der Waals surface area contributed by atoms with Gasteiger partial charge in [0.15, 0.2) is 0 Å². The minimum atomic E-state index is 0.0228. The second-order valence-electron chi connectivity index (χ2n) is 8.36. The summed E-state index contributed by atoms with van der Waals surface area (Å²) in [6.45, 7) is 1.26. The average Bonchev–Trinajstić information content (AvgIpc) is 3.48. The van der Waals surface area contributed by atoms with Crippen LogP contribution in [0.2, 0.25) is 0 Å². The highest BCUT2D eigenvalue weighted by molar-refractivity contribution is 6.07. The van der Waals surface area contributed by atoms with Crippen molar-refractivity contribution in [3.05, 3.63) is 76.7 Å². The lowest BCUT2D eigenvalue weighted by Gasteiger charge is -2.14. The number of aryl methyl sites for hydroxylation is 2. The molecule has 2 aromatic carbocycles. The number of hydrogen-bond acceptors (Lipinski definition) is 3. The molecule has 0 fully saturated rings. The summed E-state index contributed by atoms with van der Waals surface area (Å²) in [4.78, 5) is 20.4. The molecule has 0 saturated heterocycles. The first-order valence-corrected chi connectivity index (χ1v) is 10.7. The fourth-order valence-electron chi connectivity index (χ4n) is 4.79. The summed E-state index contributed by atoms with van der Waals surface area (Å²) in [5, 5.41) is 8.41. The Balaban J connectivity index is 1.39. The van der Waals surface area contributed by atoms with E-state index in [0.717, 1.165) is 52.9 Å². The molecule has 154 valence electrons. The van der Waals surface area contributed by atoms with Crippen LogP contribution in [0.4, 0.5) is 0 Å². The summed E-state index contributed by atoms with van der Waals surface area (Å²) < 4.78 is 1.88. The number of carbonyl (C=O) groups excluding carboxylic acids is 1. The standard InChI is InChI=1S/C25H23N5O/c1-30-18(9-10-28-30)14-26-23-4-2-3-20-21-12-16(6-8-22(21)29-24(20)23)15-5-7-19-17(11-15)13-27-25(19)31/h5-12,29H,2-4,13-14H2,1H3,(H,27,31)/b26-23+. The van der Waals surface area contributed by atoms with Crippen molar-refractivity contribution in [2.24, 2.45) is 12.0 Å². The molecule has 6 rings (SSSR count). The SMILES string of the molecule is Cn1nccc1C/N=C1\CCCc2c1[nH]c1ccc(-c3ccc4c(c3)CNC4=O)cc21. The summed E-state index contributed by atoms with van der Waals surface area (Å²) in [5.41, 5.74) is 10.2. The van der Waals surface area contributed by atoms with Gasteiger partial charge >= 0.3 is 0 Å². The van der Waals surface area contributed by atoms with E-state index in [4.69, 9.17) is 4.99 Å². The summed E-state index contributed by atoms with van der Waals surface area (Å²) in [6, 6.07) is 14.7. The maximum Gasteiger partial charge on any atom is 0.251 e. The molecule has 31 heavy (non-hydrogen) atoms. The second-order valence-corrected chi connectivity index (χ2v) is 8.36. The number of aliphatic imine (C=N–C) groups is 1. The number of nitrogens with one attached hydrogen (secondary N) is 2. The monoisotopic (exact) mass is 409 g/mol. The molecule has 0 unspecified atom stereocenters. The number of fused-ring (bicyclic) bond motifs is 4. The fraction of sp³-hybridized carbons (Fsp3) is 0.240. The Morgan fingerprint density at radius 3 is 2.84 bits per heavy atom. The minimum Gasteiger partial charge on any atom is -0.353 e. The van der Waals surface area contributed by atoms with Crippen LogP contribution >= 0.6 is 0 Å². The zero-order valence-corrected chi connectivity index (χ0v) is 17.4. The highest BCUT2D eigenvalue weighted by Gasteiger charge is 2.22.